The normalized spacial score (nSPS) is 23.9. The van der Waals surface area contributed by atoms with Gasteiger partial charge in [0.05, 0.1) is 11.8 Å². The van der Waals surface area contributed by atoms with Gasteiger partial charge in [0, 0.05) is 16.9 Å². The number of rotatable bonds is 4. The highest BCUT2D eigenvalue weighted by atomic mass is 35.5. The quantitative estimate of drug-likeness (QED) is 0.583. The lowest BCUT2D eigenvalue weighted by molar-refractivity contribution is -0.149. The lowest BCUT2D eigenvalue weighted by atomic mass is 9.55. The molecule has 0 radical (unpaired) electrons. The molecule has 7 heteroatoms. The predicted molar refractivity (Wildman–Crippen MR) is 125 cm³/mol. The number of carbonyl (C=O) groups excluding carboxylic acids is 3. The van der Waals surface area contributed by atoms with Gasteiger partial charge in [-0.15, -0.1) is 0 Å². The van der Waals surface area contributed by atoms with Crippen molar-refractivity contribution in [2.24, 2.45) is 11.8 Å². The van der Waals surface area contributed by atoms with Crippen LogP contribution >= 0.6 is 11.6 Å². The second-order valence-corrected chi connectivity index (χ2v) is 9.45. The highest BCUT2D eigenvalue weighted by Crippen LogP contribution is 2.60. The van der Waals surface area contributed by atoms with E-state index in [0.29, 0.717) is 10.8 Å². The third-order valence-corrected chi connectivity index (χ3v) is 7.42. The molecule has 34 heavy (non-hydrogen) atoms. The first kappa shape index (κ1) is 20.9. The van der Waals surface area contributed by atoms with Crippen LogP contribution in [0.5, 0.6) is 5.75 Å². The summed E-state index contributed by atoms with van der Waals surface area (Å²) in [4.78, 5) is 39.6. The molecule has 1 heterocycles. The maximum absolute atomic E-state index is 13.5. The zero-order valence-corrected chi connectivity index (χ0v) is 19.1. The summed E-state index contributed by atoms with van der Waals surface area (Å²) < 4.78 is 5.59. The fraction of sp³-hybridized carbons (Fsp3) is 0.222. The van der Waals surface area contributed by atoms with Crippen molar-refractivity contribution in [2.45, 2.75) is 18.8 Å². The molecule has 3 amide bonds. The van der Waals surface area contributed by atoms with Gasteiger partial charge in [-0.05, 0) is 52.9 Å². The Morgan fingerprint density at radius 1 is 0.882 bits per heavy atom. The van der Waals surface area contributed by atoms with E-state index in [-0.39, 0.29) is 30.3 Å². The van der Waals surface area contributed by atoms with Crippen LogP contribution in [0.2, 0.25) is 5.02 Å². The van der Waals surface area contributed by atoms with E-state index in [9.17, 15) is 14.4 Å². The third kappa shape index (κ3) is 2.98. The number of hydrazine groups is 1. The lowest BCUT2D eigenvalue weighted by Gasteiger charge is -2.45. The first-order chi connectivity index (χ1) is 16.5. The van der Waals surface area contributed by atoms with E-state index in [2.05, 4.69) is 5.43 Å². The fourth-order valence-corrected chi connectivity index (χ4v) is 6.09. The van der Waals surface area contributed by atoms with Crippen LogP contribution in [0.3, 0.4) is 0 Å². The van der Waals surface area contributed by atoms with Gasteiger partial charge < -0.3 is 4.74 Å². The molecule has 7 rings (SSSR count). The average molecular weight is 473 g/mol. The molecule has 6 nitrogen and oxygen atoms in total. The van der Waals surface area contributed by atoms with Gasteiger partial charge in [0.15, 0.2) is 6.61 Å². The number of hydrogen-bond acceptors (Lipinski definition) is 4. The summed E-state index contributed by atoms with van der Waals surface area (Å²) in [6.07, 6.45) is 0. The van der Waals surface area contributed by atoms with Crippen LogP contribution in [-0.2, 0) is 14.4 Å². The molecule has 3 aromatic carbocycles. The number of nitrogens with zero attached hydrogens (tertiary/aromatic N) is 1. The van der Waals surface area contributed by atoms with Crippen LogP contribution in [-0.4, -0.2) is 29.3 Å². The van der Waals surface area contributed by atoms with Crippen molar-refractivity contribution >= 4 is 29.3 Å². The first-order valence-electron chi connectivity index (χ1n) is 11.2. The number of ether oxygens (including phenoxy) is 1. The predicted octanol–water partition coefficient (Wildman–Crippen LogP) is 3.95. The number of imide groups is 1. The van der Waals surface area contributed by atoms with E-state index in [1.54, 1.807) is 18.2 Å². The zero-order valence-electron chi connectivity index (χ0n) is 18.3. The summed E-state index contributed by atoms with van der Waals surface area (Å²) in [6, 6.07) is 21.1. The molecule has 4 aliphatic rings. The van der Waals surface area contributed by atoms with Crippen molar-refractivity contribution in [1.29, 1.82) is 0 Å². The van der Waals surface area contributed by atoms with Gasteiger partial charge in [-0.2, -0.15) is 5.01 Å². The Hall–Kier alpha value is -3.64. The van der Waals surface area contributed by atoms with E-state index in [4.69, 9.17) is 16.3 Å². The van der Waals surface area contributed by atoms with E-state index < -0.39 is 17.7 Å². The Labute approximate surface area is 201 Å². The lowest BCUT2D eigenvalue weighted by Crippen LogP contribution is -2.48. The summed E-state index contributed by atoms with van der Waals surface area (Å²) in [5, 5.41) is 1.48. The van der Waals surface area contributed by atoms with Crippen molar-refractivity contribution in [3.05, 3.63) is 99.6 Å². The Bertz CT molecular complexity index is 1250. The molecule has 1 N–H and O–H groups in total. The molecular formula is C27H21ClN2O4. The number of amides is 3. The molecule has 2 bridgehead atoms. The van der Waals surface area contributed by atoms with Crippen LogP contribution < -0.4 is 10.2 Å². The van der Waals surface area contributed by atoms with E-state index >= 15 is 0 Å². The Morgan fingerprint density at radius 3 is 1.85 bits per heavy atom. The minimum absolute atomic E-state index is 0.214. The monoisotopic (exact) mass is 472 g/mol. The van der Waals surface area contributed by atoms with Gasteiger partial charge in [-0.1, -0.05) is 60.1 Å². The number of aryl methyl sites for hydroxylation is 1. The summed E-state index contributed by atoms with van der Waals surface area (Å²) >= 11 is 5.96. The van der Waals surface area contributed by atoms with Crippen molar-refractivity contribution in [2.75, 3.05) is 6.61 Å². The maximum atomic E-state index is 13.5. The molecule has 170 valence electrons. The SMILES string of the molecule is Cc1cc(Cl)ccc1OCC(=O)NN1C(=O)[C@@H]2C3c4ccccc4C(c4ccccc43)[C@@H]2C1=O. The highest BCUT2D eigenvalue weighted by molar-refractivity contribution is 6.30. The van der Waals surface area contributed by atoms with Crippen LogP contribution in [0.4, 0.5) is 0 Å². The van der Waals surface area contributed by atoms with Gasteiger partial charge in [-0.3, -0.25) is 19.8 Å². The molecule has 3 aromatic rings. The number of nitrogens with one attached hydrogen (secondary N) is 1. The molecule has 0 aromatic heterocycles. The molecule has 1 aliphatic heterocycles. The summed E-state index contributed by atoms with van der Waals surface area (Å²) in [5.41, 5.74) is 7.63. The van der Waals surface area contributed by atoms with Gasteiger partial charge >= 0.3 is 0 Å². The van der Waals surface area contributed by atoms with Gasteiger partial charge in [0.2, 0.25) is 0 Å². The number of carbonyl (C=O) groups is 3. The highest BCUT2D eigenvalue weighted by Gasteiger charge is 2.62. The van der Waals surface area contributed by atoms with Crippen LogP contribution in [0.25, 0.3) is 0 Å². The van der Waals surface area contributed by atoms with Crippen LogP contribution in [0.1, 0.15) is 39.7 Å². The van der Waals surface area contributed by atoms with Crippen molar-refractivity contribution in [1.82, 2.24) is 10.4 Å². The first-order valence-corrected chi connectivity index (χ1v) is 11.6. The van der Waals surface area contributed by atoms with Crippen LogP contribution in [0, 0.1) is 18.8 Å². The Balaban J connectivity index is 1.27. The van der Waals surface area contributed by atoms with Crippen molar-refractivity contribution < 1.29 is 19.1 Å². The van der Waals surface area contributed by atoms with Gasteiger partial charge in [-0.25, -0.2) is 0 Å². The maximum Gasteiger partial charge on any atom is 0.276 e. The molecule has 0 saturated carbocycles. The van der Waals surface area contributed by atoms with E-state index in [1.807, 2.05) is 55.5 Å². The smallest absolute Gasteiger partial charge is 0.276 e. The van der Waals surface area contributed by atoms with Crippen LogP contribution in [0.15, 0.2) is 66.7 Å². The molecule has 0 spiro atoms. The molecule has 1 fully saturated rings. The molecule has 3 aliphatic carbocycles. The largest absolute Gasteiger partial charge is 0.483 e. The second-order valence-electron chi connectivity index (χ2n) is 9.01. The van der Waals surface area contributed by atoms with E-state index in [0.717, 1.165) is 32.8 Å². The number of benzene rings is 3. The minimum atomic E-state index is -0.572. The third-order valence-electron chi connectivity index (χ3n) is 7.18. The number of hydrogen-bond donors (Lipinski definition) is 1. The minimum Gasteiger partial charge on any atom is -0.483 e. The standard InChI is InChI=1S/C27H21ClN2O4/c1-14-12-15(28)10-11-20(14)34-13-21(31)29-30-26(32)24-22-16-6-2-3-7-17(16)23(25(24)27(30)33)19-9-5-4-8-18(19)22/h2-12,22-25H,13H2,1H3,(H,29,31)/t22?,23?,24-,25+. The average Bonchev–Trinajstić information content (AvgIpc) is 3.09. The van der Waals surface area contributed by atoms with Crippen molar-refractivity contribution in [3.63, 3.8) is 0 Å². The summed E-state index contributed by atoms with van der Waals surface area (Å²) in [6.45, 7) is 1.49. The molecular weight excluding hydrogens is 452 g/mol. The topological polar surface area (TPSA) is 75.7 Å². The fourth-order valence-electron chi connectivity index (χ4n) is 5.86. The Kier molecular flexibility index (Phi) is 4.74. The van der Waals surface area contributed by atoms with Gasteiger partial charge in [0.1, 0.15) is 5.75 Å². The second kappa shape index (κ2) is 7.71. The van der Waals surface area contributed by atoms with Gasteiger partial charge in [0.25, 0.3) is 17.7 Å². The number of halogens is 1. The zero-order chi connectivity index (χ0) is 23.6. The summed E-state index contributed by atoms with van der Waals surface area (Å²) in [7, 11) is 0. The van der Waals surface area contributed by atoms with E-state index in [1.165, 1.54) is 0 Å². The van der Waals surface area contributed by atoms with Crippen molar-refractivity contribution in [3.8, 4) is 5.75 Å². The summed E-state index contributed by atoms with van der Waals surface area (Å²) in [5.74, 6) is -2.31. The molecule has 2 atom stereocenters. The Morgan fingerprint density at radius 2 is 1.38 bits per heavy atom. The molecule has 0 unspecified atom stereocenters. The molecule has 1 saturated heterocycles.